The van der Waals surface area contributed by atoms with Crippen LogP contribution in [0, 0.1) is 0 Å². The summed E-state index contributed by atoms with van der Waals surface area (Å²) in [5.41, 5.74) is 0. The van der Waals surface area contributed by atoms with Crippen molar-refractivity contribution < 1.29 is 27.5 Å². The molecule has 9 heteroatoms. The largest absolute Gasteiger partial charge is 0.469 e. The summed E-state index contributed by atoms with van der Waals surface area (Å²) in [4.78, 5) is 32.9. The molecule has 1 saturated heterocycles. The highest BCUT2D eigenvalue weighted by molar-refractivity contribution is 7.89. The molecule has 102 valence electrons. The van der Waals surface area contributed by atoms with Gasteiger partial charge >= 0.3 is 5.97 Å². The van der Waals surface area contributed by atoms with Crippen LogP contribution in [-0.4, -0.2) is 56.5 Å². The first kappa shape index (κ1) is 14.6. The normalized spacial score (nSPS) is 17.4. The van der Waals surface area contributed by atoms with Crippen LogP contribution in [0.2, 0.25) is 0 Å². The fourth-order valence-electron chi connectivity index (χ4n) is 1.44. The maximum Gasteiger partial charge on any atom is 0.305 e. The molecule has 0 spiro atoms. The van der Waals surface area contributed by atoms with E-state index >= 15 is 0 Å². The van der Waals surface area contributed by atoms with Crippen LogP contribution in [0.1, 0.15) is 12.8 Å². The molecule has 8 nitrogen and oxygen atoms in total. The van der Waals surface area contributed by atoms with Crippen LogP contribution >= 0.6 is 0 Å². The maximum absolute atomic E-state index is 11.8. The quantitative estimate of drug-likeness (QED) is 0.470. The molecule has 0 bridgehead atoms. The molecule has 1 N–H and O–H groups in total. The van der Waals surface area contributed by atoms with Crippen molar-refractivity contribution in [2.45, 2.75) is 12.8 Å². The van der Waals surface area contributed by atoms with Crippen LogP contribution in [-0.2, 0) is 29.1 Å². The lowest BCUT2D eigenvalue weighted by atomic mass is 10.3. The van der Waals surface area contributed by atoms with E-state index in [4.69, 9.17) is 0 Å². The molecule has 0 aromatic heterocycles. The molecule has 0 aromatic rings. The fourth-order valence-corrected chi connectivity index (χ4v) is 2.83. The molecular formula is C9H14N2O6S. The second kappa shape index (κ2) is 5.91. The van der Waals surface area contributed by atoms with Gasteiger partial charge in [-0.25, -0.2) is 8.42 Å². The number of carbonyl (C=O) groups excluding carboxylic acids is 3. The maximum atomic E-state index is 11.8. The second-order valence-electron chi connectivity index (χ2n) is 3.74. The predicted octanol–water partition coefficient (Wildman–Crippen LogP) is -1.77. The van der Waals surface area contributed by atoms with E-state index in [0.29, 0.717) is 0 Å². The summed E-state index contributed by atoms with van der Waals surface area (Å²) < 4.78 is 28.8. The molecule has 2 amide bonds. The summed E-state index contributed by atoms with van der Waals surface area (Å²) in [5, 5.41) is 2.01. The Morgan fingerprint density at radius 1 is 1.33 bits per heavy atom. The van der Waals surface area contributed by atoms with E-state index in [2.05, 4.69) is 4.74 Å². The minimum Gasteiger partial charge on any atom is -0.469 e. The molecule has 0 unspecified atom stereocenters. The van der Waals surface area contributed by atoms with Gasteiger partial charge in [-0.2, -0.15) is 4.31 Å². The van der Waals surface area contributed by atoms with Crippen LogP contribution in [0.5, 0.6) is 0 Å². The zero-order chi connectivity index (χ0) is 13.8. The molecule has 0 saturated carbocycles. The number of amides is 2. The summed E-state index contributed by atoms with van der Waals surface area (Å²) >= 11 is 0. The monoisotopic (exact) mass is 278 g/mol. The van der Waals surface area contributed by atoms with E-state index in [1.165, 1.54) is 7.11 Å². The molecule has 0 atom stereocenters. The van der Waals surface area contributed by atoms with Crippen molar-refractivity contribution in [3.05, 3.63) is 0 Å². The molecule has 0 radical (unpaired) electrons. The first-order valence-electron chi connectivity index (χ1n) is 5.22. The summed E-state index contributed by atoms with van der Waals surface area (Å²) in [6.07, 6.45) is 0.0605. The first-order chi connectivity index (χ1) is 8.35. The van der Waals surface area contributed by atoms with E-state index < -0.39 is 27.8 Å². The van der Waals surface area contributed by atoms with Gasteiger partial charge < -0.3 is 4.74 Å². The predicted molar refractivity (Wildman–Crippen MR) is 59.8 cm³/mol. The van der Waals surface area contributed by atoms with Crippen molar-refractivity contribution in [1.82, 2.24) is 9.62 Å². The highest BCUT2D eigenvalue weighted by atomic mass is 32.2. The van der Waals surface area contributed by atoms with E-state index in [1.54, 1.807) is 0 Å². The highest BCUT2D eigenvalue weighted by Crippen LogP contribution is 2.07. The zero-order valence-electron chi connectivity index (χ0n) is 9.84. The van der Waals surface area contributed by atoms with Gasteiger partial charge in [0.25, 0.3) is 0 Å². The number of piperazine rings is 1. The second-order valence-corrected chi connectivity index (χ2v) is 5.82. The third-order valence-corrected chi connectivity index (χ3v) is 4.17. The van der Waals surface area contributed by atoms with Crippen LogP contribution < -0.4 is 5.32 Å². The van der Waals surface area contributed by atoms with Crippen molar-refractivity contribution in [2.75, 3.05) is 26.0 Å². The molecule has 1 aliphatic rings. The Labute approximate surface area is 104 Å². The van der Waals surface area contributed by atoms with Gasteiger partial charge in [0.1, 0.15) is 0 Å². The minimum atomic E-state index is -3.71. The van der Waals surface area contributed by atoms with Gasteiger partial charge in [0.2, 0.25) is 21.8 Å². The molecule has 1 heterocycles. The molecule has 0 aliphatic carbocycles. The standard InChI is InChI=1S/C9H14N2O6S/c1-17-9(14)3-2-4-18(15,16)11-5-7(12)10-8(13)6-11/h2-6H2,1H3,(H,10,12,13). The number of nitrogens with one attached hydrogen (secondary N) is 1. The van der Waals surface area contributed by atoms with Gasteiger partial charge in [-0.3, -0.25) is 19.7 Å². The number of rotatable bonds is 5. The third-order valence-electron chi connectivity index (χ3n) is 2.32. The van der Waals surface area contributed by atoms with Crippen molar-refractivity contribution in [2.24, 2.45) is 0 Å². The average molecular weight is 278 g/mol. The molecule has 1 aliphatic heterocycles. The lowest BCUT2D eigenvalue weighted by Crippen LogP contribution is -2.53. The molecule has 0 aromatic carbocycles. The van der Waals surface area contributed by atoms with Crippen LogP contribution in [0.15, 0.2) is 0 Å². The number of ether oxygens (including phenoxy) is 1. The van der Waals surface area contributed by atoms with Crippen molar-refractivity contribution in [3.63, 3.8) is 0 Å². The number of methoxy groups -OCH3 is 1. The van der Waals surface area contributed by atoms with Crippen molar-refractivity contribution in [1.29, 1.82) is 0 Å². The van der Waals surface area contributed by atoms with E-state index in [-0.39, 0.29) is 31.7 Å². The van der Waals surface area contributed by atoms with E-state index in [0.717, 1.165) is 4.31 Å². The SMILES string of the molecule is COC(=O)CCCS(=O)(=O)N1CC(=O)NC(=O)C1. The minimum absolute atomic E-state index is 0.0241. The molecular weight excluding hydrogens is 264 g/mol. The molecule has 18 heavy (non-hydrogen) atoms. The van der Waals surface area contributed by atoms with Crippen molar-refractivity contribution >= 4 is 27.8 Å². The van der Waals surface area contributed by atoms with Crippen molar-refractivity contribution in [3.8, 4) is 0 Å². The van der Waals surface area contributed by atoms with E-state index in [1.807, 2.05) is 5.32 Å². The topological polar surface area (TPSA) is 110 Å². The van der Waals surface area contributed by atoms with Crippen LogP contribution in [0.3, 0.4) is 0 Å². The van der Waals surface area contributed by atoms with Gasteiger partial charge in [-0.15, -0.1) is 0 Å². The Kier molecular flexibility index (Phi) is 4.79. The van der Waals surface area contributed by atoms with Gasteiger partial charge in [0.15, 0.2) is 0 Å². The number of hydrogen-bond donors (Lipinski definition) is 1. The van der Waals surface area contributed by atoms with Gasteiger partial charge in [-0.05, 0) is 6.42 Å². The lowest BCUT2D eigenvalue weighted by molar-refractivity contribution is -0.140. The Morgan fingerprint density at radius 2 is 1.89 bits per heavy atom. The van der Waals surface area contributed by atoms with E-state index in [9.17, 15) is 22.8 Å². The molecule has 1 rings (SSSR count). The number of carbonyl (C=O) groups is 3. The number of imide groups is 1. The van der Waals surface area contributed by atoms with Gasteiger partial charge in [0, 0.05) is 6.42 Å². The fraction of sp³-hybridized carbons (Fsp3) is 0.667. The number of hydrogen-bond acceptors (Lipinski definition) is 6. The highest BCUT2D eigenvalue weighted by Gasteiger charge is 2.31. The Morgan fingerprint density at radius 3 is 2.39 bits per heavy atom. The summed E-state index contributed by atoms with van der Waals surface area (Å²) in [6, 6.07) is 0. The smallest absolute Gasteiger partial charge is 0.305 e. The number of nitrogens with zero attached hydrogens (tertiary/aromatic N) is 1. The summed E-state index contributed by atoms with van der Waals surface area (Å²) in [7, 11) is -2.50. The Bertz CT molecular complexity index is 442. The average Bonchev–Trinajstić information content (AvgIpc) is 2.27. The third kappa shape index (κ3) is 4.08. The van der Waals surface area contributed by atoms with Crippen LogP contribution in [0.4, 0.5) is 0 Å². The molecule has 1 fully saturated rings. The summed E-state index contributed by atoms with van der Waals surface area (Å²) in [6.45, 7) is -0.738. The Balaban J connectivity index is 2.55. The lowest BCUT2D eigenvalue weighted by Gasteiger charge is -2.24. The first-order valence-corrected chi connectivity index (χ1v) is 6.83. The zero-order valence-corrected chi connectivity index (χ0v) is 10.7. The summed E-state index contributed by atoms with van der Waals surface area (Å²) in [5.74, 6) is -2.11. The number of sulfonamides is 1. The van der Waals surface area contributed by atoms with Crippen LogP contribution in [0.25, 0.3) is 0 Å². The Hall–Kier alpha value is -1.48. The van der Waals surface area contributed by atoms with Gasteiger partial charge in [0.05, 0.1) is 26.0 Å². The number of esters is 1. The van der Waals surface area contributed by atoms with Gasteiger partial charge in [-0.1, -0.05) is 0 Å².